The summed E-state index contributed by atoms with van der Waals surface area (Å²) in [5.74, 6) is 0.104. The fourth-order valence-corrected chi connectivity index (χ4v) is 3.61. The summed E-state index contributed by atoms with van der Waals surface area (Å²) in [7, 11) is -3.16. The standard InChI is InChI=1S/C16H22N4O2S/c1-2-23(21,22)18-11-12-20-15-6-4-3-5-14(15)16(19-20)13-7-9-17-10-8-13/h7-10,18H,2-6,11-12H2,1H3. The quantitative estimate of drug-likeness (QED) is 0.873. The number of rotatable bonds is 6. The fourth-order valence-electron chi connectivity index (χ4n) is 3.01. The van der Waals surface area contributed by atoms with Gasteiger partial charge in [-0.05, 0) is 44.7 Å². The van der Waals surface area contributed by atoms with E-state index in [4.69, 9.17) is 5.10 Å². The Kier molecular flexibility index (Phi) is 4.77. The van der Waals surface area contributed by atoms with Gasteiger partial charge in [-0.15, -0.1) is 0 Å². The lowest BCUT2D eigenvalue weighted by Gasteiger charge is -2.14. The average Bonchev–Trinajstić information content (AvgIpc) is 2.95. The van der Waals surface area contributed by atoms with Crippen molar-refractivity contribution in [3.8, 4) is 11.3 Å². The van der Waals surface area contributed by atoms with Crippen LogP contribution in [0.4, 0.5) is 0 Å². The molecule has 0 amide bonds. The lowest BCUT2D eigenvalue weighted by molar-refractivity contribution is 0.539. The SMILES string of the molecule is CCS(=O)(=O)NCCn1nc(-c2ccncc2)c2c1CCCC2. The van der Waals surface area contributed by atoms with Crippen LogP contribution in [0, 0.1) is 0 Å². The van der Waals surface area contributed by atoms with Crippen LogP contribution in [0.3, 0.4) is 0 Å². The zero-order valence-electron chi connectivity index (χ0n) is 13.3. The van der Waals surface area contributed by atoms with E-state index in [2.05, 4.69) is 9.71 Å². The highest BCUT2D eigenvalue weighted by atomic mass is 32.2. The molecule has 2 aromatic rings. The number of sulfonamides is 1. The molecule has 0 unspecified atom stereocenters. The summed E-state index contributed by atoms with van der Waals surface area (Å²) in [6, 6.07) is 3.95. The lowest BCUT2D eigenvalue weighted by Crippen LogP contribution is -2.29. The molecule has 3 rings (SSSR count). The van der Waals surface area contributed by atoms with Crippen LogP contribution in [-0.2, 0) is 29.4 Å². The number of nitrogens with zero attached hydrogens (tertiary/aromatic N) is 3. The van der Waals surface area contributed by atoms with E-state index in [9.17, 15) is 8.42 Å². The van der Waals surface area contributed by atoms with Crippen molar-refractivity contribution in [1.29, 1.82) is 0 Å². The molecule has 0 saturated carbocycles. The summed E-state index contributed by atoms with van der Waals surface area (Å²) in [4.78, 5) is 4.06. The van der Waals surface area contributed by atoms with Gasteiger partial charge in [-0.25, -0.2) is 13.1 Å². The number of fused-ring (bicyclic) bond motifs is 1. The van der Waals surface area contributed by atoms with Gasteiger partial charge in [0, 0.05) is 35.8 Å². The summed E-state index contributed by atoms with van der Waals surface area (Å²) in [5, 5.41) is 4.76. The second-order valence-corrected chi connectivity index (χ2v) is 7.83. The highest BCUT2D eigenvalue weighted by Gasteiger charge is 2.21. The van der Waals surface area contributed by atoms with Gasteiger partial charge in [-0.2, -0.15) is 5.10 Å². The van der Waals surface area contributed by atoms with Gasteiger partial charge < -0.3 is 0 Å². The van der Waals surface area contributed by atoms with Crippen molar-refractivity contribution in [2.24, 2.45) is 0 Å². The van der Waals surface area contributed by atoms with Gasteiger partial charge in [0.05, 0.1) is 18.0 Å². The Balaban J connectivity index is 1.85. The summed E-state index contributed by atoms with van der Waals surface area (Å²) in [5.41, 5.74) is 4.64. The van der Waals surface area contributed by atoms with Crippen molar-refractivity contribution in [2.45, 2.75) is 39.2 Å². The fraction of sp³-hybridized carbons (Fsp3) is 0.500. The summed E-state index contributed by atoms with van der Waals surface area (Å²) in [6.07, 6.45) is 7.94. The van der Waals surface area contributed by atoms with E-state index >= 15 is 0 Å². The minimum absolute atomic E-state index is 0.104. The maximum absolute atomic E-state index is 11.6. The van der Waals surface area contributed by atoms with E-state index in [1.165, 1.54) is 17.7 Å². The summed E-state index contributed by atoms with van der Waals surface area (Å²) < 4.78 is 27.7. The van der Waals surface area contributed by atoms with Gasteiger partial charge in [0.25, 0.3) is 0 Å². The first kappa shape index (κ1) is 16.1. The average molecular weight is 334 g/mol. The maximum atomic E-state index is 11.6. The second kappa shape index (κ2) is 6.80. The molecule has 1 aliphatic rings. The van der Waals surface area contributed by atoms with Crippen LogP contribution in [0.2, 0.25) is 0 Å². The third kappa shape index (κ3) is 3.61. The minimum atomic E-state index is -3.16. The van der Waals surface area contributed by atoms with E-state index in [0.717, 1.165) is 30.5 Å². The first-order valence-electron chi connectivity index (χ1n) is 8.07. The lowest BCUT2D eigenvalue weighted by atomic mass is 9.94. The number of pyridine rings is 1. The Morgan fingerprint density at radius 3 is 2.70 bits per heavy atom. The van der Waals surface area contributed by atoms with Gasteiger partial charge in [-0.1, -0.05) is 0 Å². The van der Waals surface area contributed by atoms with Gasteiger partial charge >= 0.3 is 0 Å². The molecule has 0 aromatic carbocycles. The van der Waals surface area contributed by atoms with Crippen molar-refractivity contribution in [3.05, 3.63) is 35.8 Å². The Morgan fingerprint density at radius 2 is 1.96 bits per heavy atom. The molecule has 2 heterocycles. The number of hydrogen-bond acceptors (Lipinski definition) is 4. The maximum Gasteiger partial charge on any atom is 0.211 e. The molecule has 1 N–H and O–H groups in total. The molecule has 0 spiro atoms. The topological polar surface area (TPSA) is 76.9 Å². The van der Waals surface area contributed by atoms with Crippen LogP contribution in [-0.4, -0.2) is 35.5 Å². The molecule has 0 atom stereocenters. The Labute approximate surface area is 137 Å². The van der Waals surface area contributed by atoms with E-state index in [1.807, 2.05) is 16.8 Å². The van der Waals surface area contributed by atoms with Crippen LogP contribution in [0.1, 0.15) is 31.0 Å². The number of nitrogens with one attached hydrogen (secondary N) is 1. The molecule has 0 aliphatic heterocycles. The van der Waals surface area contributed by atoms with E-state index in [1.54, 1.807) is 19.3 Å². The monoisotopic (exact) mass is 334 g/mol. The van der Waals surface area contributed by atoms with Crippen molar-refractivity contribution < 1.29 is 8.42 Å². The molecule has 23 heavy (non-hydrogen) atoms. The molecular weight excluding hydrogens is 312 g/mol. The molecule has 0 saturated heterocycles. The minimum Gasteiger partial charge on any atom is -0.267 e. The first-order valence-corrected chi connectivity index (χ1v) is 9.72. The van der Waals surface area contributed by atoms with Crippen molar-refractivity contribution >= 4 is 10.0 Å². The highest BCUT2D eigenvalue weighted by molar-refractivity contribution is 7.89. The van der Waals surface area contributed by atoms with Crippen LogP contribution in [0.15, 0.2) is 24.5 Å². The molecule has 7 heteroatoms. The third-order valence-corrected chi connectivity index (χ3v) is 5.64. The third-order valence-electron chi connectivity index (χ3n) is 4.24. The summed E-state index contributed by atoms with van der Waals surface area (Å²) >= 11 is 0. The molecule has 0 fully saturated rings. The van der Waals surface area contributed by atoms with Gasteiger partial charge in [0.1, 0.15) is 0 Å². The van der Waals surface area contributed by atoms with Crippen LogP contribution in [0.25, 0.3) is 11.3 Å². The predicted octanol–water partition coefficient (Wildman–Crippen LogP) is 1.76. The largest absolute Gasteiger partial charge is 0.267 e. The van der Waals surface area contributed by atoms with Gasteiger partial charge in [0.15, 0.2) is 0 Å². The highest BCUT2D eigenvalue weighted by Crippen LogP contribution is 2.30. The summed E-state index contributed by atoms with van der Waals surface area (Å²) in [6.45, 7) is 2.58. The number of hydrogen-bond donors (Lipinski definition) is 1. The zero-order chi connectivity index (χ0) is 16.3. The zero-order valence-corrected chi connectivity index (χ0v) is 14.1. The molecule has 6 nitrogen and oxygen atoms in total. The van der Waals surface area contributed by atoms with E-state index in [0.29, 0.717) is 13.1 Å². The predicted molar refractivity (Wildman–Crippen MR) is 89.6 cm³/mol. The Bertz CT molecular complexity index is 769. The van der Waals surface area contributed by atoms with Gasteiger partial charge in [0.2, 0.25) is 10.0 Å². The molecule has 0 radical (unpaired) electrons. The Hall–Kier alpha value is -1.73. The number of aromatic nitrogens is 3. The second-order valence-electron chi connectivity index (χ2n) is 5.74. The van der Waals surface area contributed by atoms with Crippen LogP contribution < -0.4 is 4.72 Å². The molecule has 2 aromatic heterocycles. The van der Waals surface area contributed by atoms with Gasteiger partial charge in [-0.3, -0.25) is 9.67 Å². The molecule has 1 aliphatic carbocycles. The van der Waals surface area contributed by atoms with E-state index < -0.39 is 10.0 Å². The normalized spacial score (nSPS) is 14.7. The van der Waals surface area contributed by atoms with Crippen molar-refractivity contribution in [1.82, 2.24) is 19.5 Å². The smallest absolute Gasteiger partial charge is 0.211 e. The van der Waals surface area contributed by atoms with Crippen molar-refractivity contribution in [2.75, 3.05) is 12.3 Å². The molecular formula is C16H22N4O2S. The van der Waals surface area contributed by atoms with Crippen molar-refractivity contribution in [3.63, 3.8) is 0 Å². The van der Waals surface area contributed by atoms with Crippen LogP contribution in [0.5, 0.6) is 0 Å². The van der Waals surface area contributed by atoms with E-state index in [-0.39, 0.29) is 5.75 Å². The first-order chi connectivity index (χ1) is 11.1. The van der Waals surface area contributed by atoms with Crippen LogP contribution >= 0.6 is 0 Å². The Morgan fingerprint density at radius 1 is 1.22 bits per heavy atom. The molecule has 124 valence electrons. The molecule has 0 bridgehead atoms.